The van der Waals surface area contributed by atoms with E-state index in [2.05, 4.69) is 27.2 Å². The van der Waals surface area contributed by atoms with Gasteiger partial charge in [-0.25, -0.2) is 9.59 Å². The number of halogens is 1. The van der Waals surface area contributed by atoms with Gasteiger partial charge in [-0.3, -0.25) is 10.1 Å². The molecule has 0 fully saturated rings. The molecule has 21 heavy (non-hydrogen) atoms. The number of carbonyl (C=O) groups excluding carboxylic acids is 2. The second kappa shape index (κ2) is 6.17. The molecule has 0 aliphatic heterocycles. The third-order valence-corrected chi connectivity index (χ3v) is 3.21. The van der Waals surface area contributed by atoms with Crippen molar-refractivity contribution in [1.82, 2.24) is 0 Å². The second-order valence-corrected chi connectivity index (χ2v) is 6.24. The average molecular weight is 356 g/mol. The van der Waals surface area contributed by atoms with Gasteiger partial charge in [0.05, 0.1) is 4.92 Å². The van der Waals surface area contributed by atoms with Gasteiger partial charge < -0.3 is 4.74 Å². The molecule has 7 heteroatoms. The first-order chi connectivity index (χ1) is 9.54. The number of nitro benzene ring substituents is 1. The van der Waals surface area contributed by atoms with E-state index in [1.165, 1.54) is 18.2 Å². The molecule has 112 valence electrons. The van der Waals surface area contributed by atoms with Crippen LogP contribution in [0.1, 0.15) is 31.1 Å². The van der Waals surface area contributed by atoms with Gasteiger partial charge in [0.25, 0.3) is 5.69 Å². The molecule has 0 aromatic heterocycles. The number of nitrogens with zero attached hydrogens (tertiary/aromatic N) is 1. The third kappa shape index (κ3) is 4.22. The maximum absolute atomic E-state index is 11.9. The fourth-order valence-electron chi connectivity index (χ4n) is 1.34. The number of ether oxygens (including phenoxy) is 1. The summed E-state index contributed by atoms with van der Waals surface area (Å²) in [7, 11) is 0. The Balaban J connectivity index is 3.04. The van der Waals surface area contributed by atoms with Crippen LogP contribution in [0.25, 0.3) is 0 Å². The van der Waals surface area contributed by atoms with Crippen LogP contribution in [0.15, 0.2) is 34.8 Å². The molecule has 0 aliphatic rings. The lowest BCUT2D eigenvalue weighted by atomic mass is 9.88. The van der Waals surface area contributed by atoms with Crippen LogP contribution >= 0.6 is 15.9 Å². The summed E-state index contributed by atoms with van der Waals surface area (Å²) in [5, 5.41) is 10.9. The lowest BCUT2D eigenvalue weighted by Crippen LogP contribution is -2.22. The van der Waals surface area contributed by atoms with Gasteiger partial charge in [0, 0.05) is 16.1 Å². The van der Waals surface area contributed by atoms with Crippen LogP contribution in [0.2, 0.25) is 0 Å². The maximum Gasteiger partial charge on any atom is 0.353 e. The van der Waals surface area contributed by atoms with E-state index in [9.17, 15) is 19.7 Å². The van der Waals surface area contributed by atoms with Gasteiger partial charge in [-0.15, -0.1) is 0 Å². The van der Waals surface area contributed by atoms with Gasteiger partial charge in [-0.2, -0.15) is 0 Å². The van der Waals surface area contributed by atoms with Crippen LogP contribution in [-0.4, -0.2) is 16.9 Å². The molecule has 0 N–H and O–H groups in total. The Morgan fingerprint density at radius 2 is 1.90 bits per heavy atom. The smallest absolute Gasteiger partial charge is 0.353 e. The fourth-order valence-corrected chi connectivity index (χ4v) is 1.68. The quantitative estimate of drug-likeness (QED) is 0.271. The second-order valence-electron chi connectivity index (χ2n) is 5.32. The highest BCUT2D eigenvalue weighted by atomic mass is 79.9. The SMILES string of the molecule is C=C(C(=O)OC(=O)c1ccc(Br)cc1[N+](=O)[O-])C(C)(C)C. The number of hydrogen-bond acceptors (Lipinski definition) is 5. The Labute approximate surface area is 130 Å². The molecule has 0 bridgehead atoms. The maximum atomic E-state index is 11.9. The highest BCUT2D eigenvalue weighted by molar-refractivity contribution is 9.10. The number of nitro groups is 1. The van der Waals surface area contributed by atoms with E-state index in [1.54, 1.807) is 20.8 Å². The van der Waals surface area contributed by atoms with Crippen molar-refractivity contribution >= 4 is 33.6 Å². The Morgan fingerprint density at radius 1 is 1.33 bits per heavy atom. The topological polar surface area (TPSA) is 86.5 Å². The number of rotatable bonds is 3. The molecule has 0 heterocycles. The summed E-state index contributed by atoms with van der Waals surface area (Å²) in [6.45, 7) is 8.79. The molecular formula is C14H14BrNO5. The molecule has 0 saturated heterocycles. The first-order valence-corrected chi connectivity index (χ1v) is 6.73. The number of benzene rings is 1. The zero-order valence-corrected chi connectivity index (χ0v) is 13.4. The monoisotopic (exact) mass is 355 g/mol. The van der Waals surface area contributed by atoms with E-state index in [-0.39, 0.29) is 11.1 Å². The standard InChI is InChI=1S/C14H14BrNO5/c1-8(14(2,3)4)12(17)21-13(18)10-6-5-9(15)7-11(10)16(19)20/h5-7H,1H2,2-4H3. The summed E-state index contributed by atoms with van der Waals surface area (Å²) >= 11 is 3.08. The van der Waals surface area contributed by atoms with Crippen LogP contribution in [0.5, 0.6) is 0 Å². The third-order valence-electron chi connectivity index (χ3n) is 2.71. The van der Waals surface area contributed by atoms with Crippen LogP contribution in [0.4, 0.5) is 5.69 Å². The zero-order chi connectivity index (χ0) is 16.4. The van der Waals surface area contributed by atoms with Crippen LogP contribution in [0.3, 0.4) is 0 Å². The number of carbonyl (C=O) groups is 2. The van der Waals surface area contributed by atoms with E-state index in [4.69, 9.17) is 0 Å². The van der Waals surface area contributed by atoms with Crippen molar-refractivity contribution in [3.63, 3.8) is 0 Å². The van der Waals surface area contributed by atoms with Gasteiger partial charge in [-0.1, -0.05) is 43.3 Å². The van der Waals surface area contributed by atoms with Crippen molar-refractivity contribution in [3.8, 4) is 0 Å². The summed E-state index contributed by atoms with van der Waals surface area (Å²) in [5.74, 6) is -1.98. The first kappa shape index (κ1) is 17.0. The summed E-state index contributed by atoms with van der Waals surface area (Å²) in [6.07, 6.45) is 0. The normalized spacial score (nSPS) is 10.9. The van der Waals surface area contributed by atoms with Crippen molar-refractivity contribution in [1.29, 1.82) is 0 Å². The molecule has 0 unspecified atom stereocenters. The Hall–Kier alpha value is -2.02. The van der Waals surface area contributed by atoms with Crippen LogP contribution < -0.4 is 0 Å². The highest BCUT2D eigenvalue weighted by Crippen LogP contribution is 2.27. The minimum Gasteiger partial charge on any atom is -0.386 e. The van der Waals surface area contributed by atoms with Crippen molar-refractivity contribution in [2.45, 2.75) is 20.8 Å². The summed E-state index contributed by atoms with van der Waals surface area (Å²) in [5.41, 5.74) is -1.19. The van der Waals surface area contributed by atoms with Gasteiger partial charge in [0.2, 0.25) is 0 Å². The van der Waals surface area contributed by atoms with E-state index in [0.29, 0.717) is 4.47 Å². The predicted molar refractivity (Wildman–Crippen MR) is 79.8 cm³/mol. The van der Waals surface area contributed by atoms with E-state index in [1.807, 2.05) is 0 Å². The first-order valence-electron chi connectivity index (χ1n) is 5.94. The van der Waals surface area contributed by atoms with Gasteiger partial charge in [0.15, 0.2) is 0 Å². The van der Waals surface area contributed by atoms with Crippen molar-refractivity contribution in [2.24, 2.45) is 5.41 Å². The predicted octanol–water partition coefficient (Wildman–Crippen LogP) is 3.64. The molecule has 6 nitrogen and oxygen atoms in total. The molecule has 0 atom stereocenters. The lowest BCUT2D eigenvalue weighted by Gasteiger charge is -2.19. The van der Waals surface area contributed by atoms with Crippen LogP contribution in [0, 0.1) is 15.5 Å². The molecule has 1 aromatic carbocycles. The molecule has 0 radical (unpaired) electrons. The minimum absolute atomic E-state index is 0.107. The van der Waals surface area contributed by atoms with E-state index < -0.39 is 28.0 Å². The summed E-state index contributed by atoms with van der Waals surface area (Å²) in [4.78, 5) is 33.9. The minimum atomic E-state index is -1.08. The summed E-state index contributed by atoms with van der Waals surface area (Å²) < 4.78 is 5.10. The van der Waals surface area contributed by atoms with Crippen molar-refractivity contribution in [3.05, 3.63) is 50.5 Å². The van der Waals surface area contributed by atoms with Crippen molar-refractivity contribution in [2.75, 3.05) is 0 Å². The fraction of sp³-hybridized carbons (Fsp3) is 0.286. The van der Waals surface area contributed by atoms with Crippen molar-refractivity contribution < 1.29 is 19.2 Å². The number of esters is 2. The molecule has 0 amide bonds. The molecule has 0 spiro atoms. The largest absolute Gasteiger partial charge is 0.386 e. The van der Waals surface area contributed by atoms with Gasteiger partial charge >= 0.3 is 11.9 Å². The van der Waals surface area contributed by atoms with Crippen LogP contribution in [-0.2, 0) is 9.53 Å². The average Bonchev–Trinajstić information content (AvgIpc) is 2.36. The summed E-state index contributed by atoms with van der Waals surface area (Å²) in [6, 6.07) is 3.84. The Kier molecular flexibility index (Phi) is 5.01. The molecular weight excluding hydrogens is 342 g/mol. The van der Waals surface area contributed by atoms with Gasteiger partial charge in [-0.05, 0) is 17.5 Å². The molecule has 0 saturated carbocycles. The van der Waals surface area contributed by atoms with E-state index >= 15 is 0 Å². The Morgan fingerprint density at radius 3 is 2.38 bits per heavy atom. The highest BCUT2D eigenvalue weighted by Gasteiger charge is 2.28. The van der Waals surface area contributed by atoms with Gasteiger partial charge in [0.1, 0.15) is 5.56 Å². The molecule has 1 rings (SSSR count). The lowest BCUT2D eigenvalue weighted by molar-refractivity contribution is -0.385. The Bertz CT molecular complexity index is 631. The number of hydrogen-bond donors (Lipinski definition) is 0. The molecule has 1 aromatic rings. The van der Waals surface area contributed by atoms with E-state index in [0.717, 1.165) is 0 Å². The zero-order valence-electron chi connectivity index (χ0n) is 11.8. The molecule has 0 aliphatic carbocycles.